The summed E-state index contributed by atoms with van der Waals surface area (Å²) in [6.07, 6.45) is 4.50. The number of nitrogens with zero attached hydrogens (tertiary/aromatic N) is 2. The molecule has 3 aromatic rings. The van der Waals surface area contributed by atoms with E-state index in [1.54, 1.807) is 36.1 Å². The van der Waals surface area contributed by atoms with Crippen molar-refractivity contribution < 1.29 is 22.4 Å². The van der Waals surface area contributed by atoms with E-state index in [4.69, 9.17) is 9.15 Å². The van der Waals surface area contributed by atoms with Gasteiger partial charge in [-0.25, -0.2) is 8.42 Å². The van der Waals surface area contributed by atoms with E-state index in [0.29, 0.717) is 35.8 Å². The lowest BCUT2D eigenvalue weighted by molar-refractivity contribution is 0.0725. The molecule has 1 aliphatic rings. The normalized spacial score (nSPS) is 14.5. The third-order valence-corrected chi connectivity index (χ3v) is 6.73. The first-order chi connectivity index (χ1) is 14.9. The number of methoxy groups -OCH3 is 1. The van der Waals surface area contributed by atoms with Crippen molar-refractivity contribution in [1.29, 1.82) is 0 Å². The van der Waals surface area contributed by atoms with E-state index in [1.165, 1.54) is 19.4 Å². The molecule has 0 bridgehead atoms. The van der Waals surface area contributed by atoms with E-state index in [1.807, 2.05) is 0 Å². The first-order valence-corrected chi connectivity index (χ1v) is 11.5. The highest BCUT2D eigenvalue weighted by atomic mass is 32.2. The van der Waals surface area contributed by atoms with Crippen molar-refractivity contribution in [3.63, 3.8) is 0 Å². The van der Waals surface area contributed by atoms with Gasteiger partial charge >= 0.3 is 0 Å². The highest BCUT2D eigenvalue weighted by Crippen LogP contribution is 2.31. The number of H-pyrrole nitrogens is 1. The molecule has 164 valence electrons. The first-order valence-electron chi connectivity index (χ1n) is 9.99. The van der Waals surface area contributed by atoms with Crippen LogP contribution in [0, 0.1) is 6.92 Å². The van der Waals surface area contributed by atoms with Gasteiger partial charge in [0, 0.05) is 25.2 Å². The van der Waals surface area contributed by atoms with Gasteiger partial charge in [0.15, 0.2) is 5.76 Å². The molecular formula is C21H24N4O5S. The molecule has 0 saturated carbocycles. The number of furan rings is 1. The van der Waals surface area contributed by atoms with Crippen LogP contribution in [0.25, 0.3) is 11.5 Å². The molecule has 1 aromatic carbocycles. The molecule has 3 heterocycles. The number of amides is 1. The number of hydrogen-bond acceptors (Lipinski definition) is 6. The number of carbonyl (C=O) groups excluding carboxylic acids is 1. The fraction of sp³-hybridized carbons (Fsp3) is 0.333. The van der Waals surface area contributed by atoms with Crippen LogP contribution in [0.3, 0.4) is 0 Å². The van der Waals surface area contributed by atoms with E-state index >= 15 is 0 Å². The number of aromatic amines is 1. The van der Waals surface area contributed by atoms with Crippen molar-refractivity contribution in [2.75, 3.05) is 24.9 Å². The monoisotopic (exact) mass is 444 g/mol. The Morgan fingerprint density at radius 2 is 2.00 bits per heavy atom. The molecule has 0 radical (unpaired) electrons. The number of sulfonamides is 1. The van der Waals surface area contributed by atoms with Gasteiger partial charge in [0.1, 0.15) is 22.1 Å². The maximum Gasteiger partial charge on any atom is 0.265 e. The molecule has 31 heavy (non-hydrogen) atoms. The van der Waals surface area contributed by atoms with Crippen LogP contribution >= 0.6 is 0 Å². The van der Waals surface area contributed by atoms with Crippen LogP contribution in [0.5, 0.6) is 5.75 Å². The zero-order valence-corrected chi connectivity index (χ0v) is 18.2. The quantitative estimate of drug-likeness (QED) is 0.602. The number of aromatic nitrogens is 2. The topological polar surface area (TPSA) is 118 Å². The van der Waals surface area contributed by atoms with Gasteiger partial charge in [0.25, 0.3) is 15.9 Å². The summed E-state index contributed by atoms with van der Waals surface area (Å²) in [7, 11) is -2.41. The molecule has 0 atom stereocenters. The second kappa shape index (κ2) is 8.46. The van der Waals surface area contributed by atoms with Crippen LogP contribution in [-0.4, -0.2) is 49.6 Å². The number of nitrogens with one attached hydrogen (secondary N) is 2. The van der Waals surface area contributed by atoms with Gasteiger partial charge in [0.05, 0.1) is 24.6 Å². The van der Waals surface area contributed by atoms with E-state index in [2.05, 4.69) is 14.9 Å². The second-order valence-electron chi connectivity index (χ2n) is 7.38. The fourth-order valence-electron chi connectivity index (χ4n) is 3.66. The fourth-order valence-corrected chi connectivity index (χ4v) is 4.89. The predicted molar refractivity (Wildman–Crippen MR) is 115 cm³/mol. The molecule has 1 amide bonds. The summed E-state index contributed by atoms with van der Waals surface area (Å²) in [5.41, 5.74) is 1.09. The maximum absolute atomic E-state index is 13.0. The lowest BCUT2D eigenvalue weighted by Gasteiger charge is -2.26. The molecular weight excluding hydrogens is 420 g/mol. The number of benzene rings is 1. The molecule has 0 spiro atoms. The van der Waals surface area contributed by atoms with Crippen molar-refractivity contribution in [3.8, 4) is 17.2 Å². The molecule has 1 saturated heterocycles. The lowest BCUT2D eigenvalue weighted by Crippen LogP contribution is -2.35. The standard InChI is InChI=1S/C21H24N4O5S/c1-14-19(31(27,28)24-15-7-6-8-16(11-15)29-2)12-18(30-14)20-17(13-22-23-20)21(26)25-9-4-3-5-10-25/h6-8,11-13,24H,3-5,9-10H2,1-2H3,(H,22,23). The Balaban J connectivity index is 1.62. The molecule has 9 nitrogen and oxygen atoms in total. The van der Waals surface area contributed by atoms with Gasteiger partial charge in [0.2, 0.25) is 0 Å². The highest BCUT2D eigenvalue weighted by Gasteiger charge is 2.27. The Morgan fingerprint density at radius 3 is 2.74 bits per heavy atom. The molecule has 2 N–H and O–H groups in total. The SMILES string of the molecule is COc1cccc(NS(=O)(=O)c2cc(-c3[nH]ncc3C(=O)N3CCCCC3)oc2C)c1. The Hall–Kier alpha value is -3.27. The summed E-state index contributed by atoms with van der Waals surface area (Å²) >= 11 is 0. The van der Waals surface area contributed by atoms with Crippen LogP contribution in [0.4, 0.5) is 5.69 Å². The van der Waals surface area contributed by atoms with E-state index < -0.39 is 10.0 Å². The summed E-state index contributed by atoms with van der Waals surface area (Å²) in [6.45, 7) is 2.96. The van der Waals surface area contributed by atoms with Gasteiger partial charge in [-0.05, 0) is 38.3 Å². The van der Waals surface area contributed by atoms with Crippen LogP contribution in [-0.2, 0) is 10.0 Å². The summed E-state index contributed by atoms with van der Waals surface area (Å²) in [5.74, 6) is 0.831. The van der Waals surface area contributed by atoms with Gasteiger partial charge in [-0.3, -0.25) is 14.6 Å². The Morgan fingerprint density at radius 1 is 1.23 bits per heavy atom. The third-order valence-electron chi connectivity index (χ3n) is 5.24. The first kappa shape index (κ1) is 21.0. The number of carbonyl (C=O) groups is 1. The Labute approximate surface area is 180 Å². The number of hydrogen-bond donors (Lipinski definition) is 2. The van der Waals surface area contributed by atoms with E-state index in [0.717, 1.165) is 19.3 Å². The second-order valence-corrected chi connectivity index (χ2v) is 9.03. The van der Waals surface area contributed by atoms with Crippen molar-refractivity contribution in [2.45, 2.75) is 31.1 Å². The molecule has 0 unspecified atom stereocenters. The average Bonchev–Trinajstić information content (AvgIpc) is 3.40. The Bertz CT molecular complexity index is 1190. The third kappa shape index (κ3) is 4.29. The molecule has 4 rings (SSSR count). The number of likely N-dealkylation sites (tertiary alicyclic amines) is 1. The number of rotatable bonds is 6. The predicted octanol–water partition coefficient (Wildman–Crippen LogP) is 3.41. The average molecular weight is 445 g/mol. The van der Waals surface area contributed by atoms with Gasteiger partial charge in [-0.1, -0.05) is 6.07 Å². The number of aryl methyl sites for hydroxylation is 1. The van der Waals surface area contributed by atoms with Crippen LogP contribution in [0.2, 0.25) is 0 Å². The van der Waals surface area contributed by atoms with E-state index in [9.17, 15) is 13.2 Å². The Kier molecular flexibility index (Phi) is 5.73. The minimum absolute atomic E-state index is 0.0173. The van der Waals surface area contributed by atoms with Crippen molar-refractivity contribution in [2.24, 2.45) is 0 Å². The van der Waals surface area contributed by atoms with Crippen molar-refractivity contribution >= 4 is 21.6 Å². The summed E-state index contributed by atoms with van der Waals surface area (Å²) in [6, 6.07) is 8.02. The molecule has 10 heteroatoms. The smallest absolute Gasteiger partial charge is 0.265 e. The minimum atomic E-state index is -3.92. The van der Waals surface area contributed by atoms with Gasteiger partial charge in [-0.15, -0.1) is 0 Å². The molecule has 1 fully saturated rings. The molecule has 1 aliphatic heterocycles. The largest absolute Gasteiger partial charge is 0.497 e. The summed E-state index contributed by atoms with van der Waals surface area (Å²) < 4.78 is 39.3. The molecule has 0 aliphatic carbocycles. The zero-order chi connectivity index (χ0) is 22.0. The number of anilines is 1. The van der Waals surface area contributed by atoms with Crippen molar-refractivity contribution in [1.82, 2.24) is 15.1 Å². The zero-order valence-electron chi connectivity index (χ0n) is 17.3. The lowest BCUT2D eigenvalue weighted by atomic mass is 10.1. The van der Waals surface area contributed by atoms with Crippen LogP contribution in [0.1, 0.15) is 35.4 Å². The van der Waals surface area contributed by atoms with Crippen molar-refractivity contribution in [3.05, 3.63) is 47.9 Å². The summed E-state index contributed by atoms with van der Waals surface area (Å²) in [4.78, 5) is 14.7. The number of ether oxygens (including phenoxy) is 1. The summed E-state index contributed by atoms with van der Waals surface area (Å²) in [5, 5.41) is 6.77. The van der Waals surface area contributed by atoms with E-state index in [-0.39, 0.29) is 22.3 Å². The van der Waals surface area contributed by atoms with Gasteiger partial charge < -0.3 is 14.1 Å². The molecule has 2 aromatic heterocycles. The van der Waals surface area contributed by atoms with Crippen LogP contribution < -0.4 is 9.46 Å². The van der Waals surface area contributed by atoms with Gasteiger partial charge in [-0.2, -0.15) is 5.10 Å². The maximum atomic E-state index is 13.0. The van der Waals surface area contributed by atoms with Crippen LogP contribution in [0.15, 0.2) is 45.8 Å². The number of piperidine rings is 1. The minimum Gasteiger partial charge on any atom is -0.497 e. The highest BCUT2D eigenvalue weighted by molar-refractivity contribution is 7.92.